The highest BCUT2D eigenvalue weighted by Gasteiger charge is 2.10. The van der Waals surface area contributed by atoms with Crippen molar-refractivity contribution < 1.29 is 9.53 Å². The molecule has 0 aliphatic carbocycles. The van der Waals surface area contributed by atoms with Crippen molar-refractivity contribution in [3.63, 3.8) is 0 Å². The molecule has 3 N–H and O–H groups in total. The van der Waals surface area contributed by atoms with Crippen molar-refractivity contribution >= 4 is 29.0 Å². The Morgan fingerprint density at radius 1 is 1.13 bits per heavy atom. The minimum atomic E-state index is -0.424. The molecule has 1 aromatic heterocycles. The number of hydrogen-bond acceptors (Lipinski definition) is 3. The summed E-state index contributed by atoms with van der Waals surface area (Å²) in [4.78, 5) is 12.0. The highest BCUT2D eigenvalue weighted by Crippen LogP contribution is 2.32. The summed E-state index contributed by atoms with van der Waals surface area (Å²) in [6.45, 7) is 0. The number of nitrogens with zero attached hydrogens (tertiary/aromatic N) is 1. The Kier molecular flexibility index (Phi) is 4.44. The molecule has 0 atom stereocenters. The van der Waals surface area contributed by atoms with E-state index in [1.54, 1.807) is 24.4 Å². The second kappa shape index (κ2) is 6.85. The summed E-state index contributed by atoms with van der Waals surface area (Å²) in [6, 6.07) is 13.9. The SMILES string of the molecule is O=C(Nc1cn[nH]c1)Nc1cc(Cl)ccc1Oc1ccccc1. The van der Waals surface area contributed by atoms with Gasteiger partial charge in [0.05, 0.1) is 17.6 Å². The fourth-order valence-electron chi connectivity index (χ4n) is 1.91. The van der Waals surface area contributed by atoms with Crippen LogP contribution in [0.3, 0.4) is 0 Å². The van der Waals surface area contributed by atoms with Crippen LogP contribution in [0.4, 0.5) is 16.2 Å². The van der Waals surface area contributed by atoms with Gasteiger partial charge in [-0.25, -0.2) is 4.79 Å². The van der Waals surface area contributed by atoms with Gasteiger partial charge in [-0.2, -0.15) is 5.10 Å². The molecule has 0 radical (unpaired) electrons. The number of carbonyl (C=O) groups is 1. The molecule has 7 heteroatoms. The average molecular weight is 329 g/mol. The molecule has 3 aromatic rings. The van der Waals surface area contributed by atoms with Gasteiger partial charge in [-0.1, -0.05) is 29.8 Å². The summed E-state index contributed by atoms with van der Waals surface area (Å²) in [5.41, 5.74) is 1.01. The summed E-state index contributed by atoms with van der Waals surface area (Å²) in [6.07, 6.45) is 3.07. The van der Waals surface area contributed by atoms with Crippen molar-refractivity contribution in [3.8, 4) is 11.5 Å². The molecule has 1 heterocycles. The van der Waals surface area contributed by atoms with E-state index in [0.717, 1.165) is 0 Å². The van der Waals surface area contributed by atoms with Crippen LogP contribution in [-0.4, -0.2) is 16.2 Å². The molecule has 3 rings (SSSR count). The highest BCUT2D eigenvalue weighted by molar-refractivity contribution is 6.31. The Morgan fingerprint density at radius 2 is 1.96 bits per heavy atom. The molecule has 0 saturated heterocycles. The number of halogens is 1. The third kappa shape index (κ3) is 4.02. The number of rotatable bonds is 4. The monoisotopic (exact) mass is 328 g/mol. The summed E-state index contributed by atoms with van der Waals surface area (Å²) in [5.74, 6) is 1.15. The Hall–Kier alpha value is -2.99. The fraction of sp³-hybridized carbons (Fsp3) is 0. The van der Waals surface area contributed by atoms with Crippen LogP contribution in [0.1, 0.15) is 0 Å². The lowest BCUT2D eigenvalue weighted by Crippen LogP contribution is -2.19. The molecule has 23 heavy (non-hydrogen) atoms. The van der Waals surface area contributed by atoms with E-state index in [2.05, 4.69) is 20.8 Å². The molecule has 0 fully saturated rings. The van der Waals surface area contributed by atoms with Gasteiger partial charge in [0.15, 0.2) is 5.75 Å². The predicted octanol–water partition coefficient (Wildman–Crippen LogP) is 4.50. The number of anilines is 2. The van der Waals surface area contributed by atoms with Crippen LogP contribution < -0.4 is 15.4 Å². The van der Waals surface area contributed by atoms with E-state index < -0.39 is 6.03 Å². The quantitative estimate of drug-likeness (QED) is 0.659. The van der Waals surface area contributed by atoms with Crippen molar-refractivity contribution in [2.75, 3.05) is 10.6 Å². The lowest BCUT2D eigenvalue weighted by Gasteiger charge is -2.13. The van der Waals surface area contributed by atoms with Gasteiger partial charge in [0.25, 0.3) is 0 Å². The first-order valence-corrected chi connectivity index (χ1v) is 7.18. The normalized spacial score (nSPS) is 10.1. The summed E-state index contributed by atoms with van der Waals surface area (Å²) in [5, 5.41) is 12.2. The van der Waals surface area contributed by atoms with Crippen molar-refractivity contribution in [2.24, 2.45) is 0 Å². The van der Waals surface area contributed by atoms with E-state index >= 15 is 0 Å². The van der Waals surface area contributed by atoms with Gasteiger partial charge < -0.3 is 15.4 Å². The number of nitrogens with one attached hydrogen (secondary N) is 3. The zero-order valence-electron chi connectivity index (χ0n) is 11.9. The number of H-pyrrole nitrogens is 1. The first kappa shape index (κ1) is 14.9. The molecule has 0 aliphatic heterocycles. The number of benzene rings is 2. The Labute approximate surface area is 137 Å². The minimum Gasteiger partial charge on any atom is -0.455 e. The zero-order valence-corrected chi connectivity index (χ0v) is 12.7. The summed E-state index contributed by atoms with van der Waals surface area (Å²) >= 11 is 6.00. The standard InChI is InChI=1S/C16H13ClN4O2/c17-11-6-7-15(23-13-4-2-1-3-5-13)14(8-11)21-16(22)20-12-9-18-19-10-12/h1-10H,(H,18,19)(H2,20,21,22). The maximum absolute atomic E-state index is 12.0. The van der Waals surface area contributed by atoms with Crippen LogP contribution in [-0.2, 0) is 0 Å². The van der Waals surface area contributed by atoms with Gasteiger partial charge in [0.1, 0.15) is 5.75 Å². The van der Waals surface area contributed by atoms with Gasteiger partial charge in [-0.05, 0) is 30.3 Å². The number of aromatic nitrogens is 2. The maximum atomic E-state index is 12.0. The molecule has 0 saturated carbocycles. The fourth-order valence-corrected chi connectivity index (χ4v) is 2.08. The first-order valence-electron chi connectivity index (χ1n) is 6.80. The molecule has 0 spiro atoms. The van der Waals surface area contributed by atoms with E-state index in [1.807, 2.05) is 30.3 Å². The number of amides is 2. The van der Waals surface area contributed by atoms with E-state index in [9.17, 15) is 4.79 Å². The van der Waals surface area contributed by atoms with Crippen LogP contribution in [0, 0.1) is 0 Å². The second-order valence-corrected chi connectivity index (χ2v) is 5.06. The summed E-state index contributed by atoms with van der Waals surface area (Å²) < 4.78 is 5.78. The van der Waals surface area contributed by atoms with E-state index in [-0.39, 0.29) is 0 Å². The van der Waals surface area contributed by atoms with Gasteiger partial charge in [-0.15, -0.1) is 0 Å². The Balaban J connectivity index is 1.77. The van der Waals surface area contributed by atoms with Gasteiger partial charge in [0.2, 0.25) is 0 Å². The zero-order chi connectivity index (χ0) is 16.1. The van der Waals surface area contributed by atoms with E-state index in [0.29, 0.717) is 27.9 Å². The van der Waals surface area contributed by atoms with Crippen molar-refractivity contribution in [1.29, 1.82) is 0 Å². The largest absolute Gasteiger partial charge is 0.455 e. The Morgan fingerprint density at radius 3 is 2.70 bits per heavy atom. The van der Waals surface area contributed by atoms with Crippen LogP contribution >= 0.6 is 11.6 Å². The predicted molar refractivity (Wildman–Crippen MR) is 89.2 cm³/mol. The molecule has 116 valence electrons. The number of aromatic amines is 1. The molecular weight excluding hydrogens is 316 g/mol. The minimum absolute atomic E-state index is 0.424. The van der Waals surface area contributed by atoms with Crippen LogP contribution in [0.25, 0.3) is 0 Å². The molecule has 0 aliphatic rings. The van der Waals surface area contributed by atoms with Crippen molar-refractivity contribution in [3.05, 3.63) is 65.9 Å². The molecule has 6 nitrogen and oxygen atoms in total. The number of urea groups is 1. The molecular formula is C16H13ClN4O2. The van der Waals surface area contributed by atoms with E-state index in [1.165, 1.54) is 6.20 Å². The number of para-hydroxylation sites is 1. The average Bonchev–Trinajstić information content (AvgIpc) is 3.04. The molecule has 0 bridgehead atoms. The third-order valence-electron chi connectivity index (χ3n) is 2.92. The van der Waals surface area contributed by atoms with Crippen LogP contribution in [0.2, 0.25) is 5.02 Å². The van der Waals surface area contributed by atoms with Crippen molar-refractivity contribution in [2.45, 2.75) is 0 Å². The van der Waals surface area contributed by atoms with Gasteiger partial charge >= 0.3 is 6.03 Å². The number of carbonyl (C=O) groups excluding carboxylic acids is 1. The van der Waals surface area contributed by atoms with Gasteiger partial charge in [0, 0.05) is 11.2 Å². The molecule has 0 unspecified atom stereocenters. The lowest BCUT2D eigenvalue weighted by molar-refractivity contribution is 0.262. The van der Waals surface area contributed by atoms with Crippen LogP contribution in [0.15, 0.2) is 60.9 Å². The maximum Gasteiger partial charge on any atom is 0.323 e. The first-order chi connectivity index (χ1) is 11.2. The van der Waals surface area contributed by atoms with Gasteiger partial charge in [-0.3, -0.25) is 5.10 Å². The summed E-state index contributed by atoms with van der Waals surface area (Å²) in [7, 11) is 0. The van der Waals surface area contributed by atoms with E-state index in [4.69, 9.17) is 16.3 Å². The number of ether oxygens (including phenoxy) is 1. The third-order valence-corrected chi connectivity index (χ3v) is 3.15. The lowest BCUT2D eigenvalue weighted by atomic mass is 10.3. The van der Waals surface area contributed by atoms with Crippen molar-refractivity contribution in [1.82, 2.24) is 10.2 Å². The highest BCUT2D eigenvalue weighted by atomic mass is 35.5. The molecule has 2 amide bonds. The second-order valence-electron chi connectivity index (χ2n) is 4.62. The smallest absolute Gasteiger partial charge is 0.323 e. The topological polar surface area (TPSA) is 79.0 Å². The Bertz CT molecular complexity index is 791. The van der Waals surface area contributed by atoms with Crippen LogP contribution in [0.5, 0.6) is 11.5 Å². The molecule has 2 aromatic carbocycles. The number of hydrogen-bond donors (Lipinski definition) is 3.